The van der Waals surface area contributed by atoms with Gasteiger partial charge >= 0.3 is 6.18 Å². The minimum absolute atomic E-state index is 0.0319. The van der Waals surface area contributed by atoms with Crippen LogP contribution in [0.25, 0.3) is 0 Å². The van der Waals surface area contributed by atoms with Gasteiger partial charge in [-0.1, -0.05) is 15.9 Å². The lowest BCUT2D eigenvalue weighted by Gasteiger charge is -2.12. The van der Waals surface area contributed by atoms with Gasteiger partial charge in [0.2, 0.25) is 0 Å². The Balaban J connectivity index is 2.24. The smallest absolute Gasteiger partial charge is 0.398 e. The molecule has 7 heteroatoms. The molecule has 0 radical (unpaired) electrons. The minimum Gasteiger partial charge on any atom is -0.398 e. The van der Waals surface area contributed by atoms with E-state index in [2.05, 4.69) is 21.2 Å². The zero-order chi connectivity index (χ0) is 15.6. The average molecular weight is 359 g/mol. The number of amides is 1. The summed E-state index contributed by atoms with van der Waals surface area (Å²) in [5.74, 6) is -0.500. The van der Waals surface area contributed by atoms with Crippen LogP contribution in [0, 0.1) is 0 Å². The van der Waals surface area contributed by atoms with Crippen molar-refractivity contribution in [2.24, 2.45) is 0 Å². The molecular weight excluding hydrogens is 349 g/mol. The summed E-state index contributed by atoms with van der Waals surface area (Å²) >= 11 is 3.23. The fraction of sp³-hybridized carbons (Fsp3) is 0.0714. The first-order valence-corrected chi connectivity index (χ1v) is 6.60. The molecule has 0 aliphatic rings. The first-order chi connectivity index (χ1) is 9.77. The van der Waals surface area contributed by atoms with E-state index in [9.17, 15) is 18.0 Å². The van der Waals surface area contributed by atoms with E-state index in [1.807, 2.05) is 0 Å². The number of alkyl halides is 3. The molecular formula is C14H10BrF3N2O. The zero-order valence-corrected chi connectivity index (χ0v) is 12.1. The molecule has 0 spiro atoms. The fourth-order valence-electron chi connectivity index (χ4n) is 1.68. The molecule has 0 heterocycles. The fourth-order valence-corrected chi connectivity index (χ4v) is 1.95. The molecule has 0 saturated carbocycles. The van der Waals surface area contributed by atoms with Gasteiger partial charge in [0, 0.05) is 21.4 Å². The molecule has 0 aliphatic carbocycles. The van der Waals surface area contributed by atoms with Gasteiger partial charge < -0.3 is 11.1 Å². The summed E-state index contributed by atoms with van der Waals surface area (Å²) < 4.78 is 39.0. The number of nitrogens with two attached hydrogens (primary N) is 1. The SMILES string of the molecule is Nc1ccc(NC(=O)c2ccc(Br)cc2)cc1C(F)(F)F. The zero-order valence-electron chi connectivity index (χ0n) is 10.5. The number of nitrogens with one attached hydrogen (secondary N) is 1. The van der Waals surface area contributed by atoms with Gasteiger partial charge in [0.15, 0.2) is 0 Å². The molecule has 0 atom stereocenters. The van der Waals surface area contributed by atoms with Crippen molar-refractivity contribution < 1.29 is 18.0 Å². The van der Waals surface area contributed by atoms with Crippen molar-refractivity contribution in [3.8, 4) is 0 Å². The molecule has 0 fully saturated rings. The molecule has 21 heavy (non-hydrogen) atoms. The Bertz CT molecular complexity index is 669. The van der Waals surface area contributed by atoms with Crippen molar-refractivity contribution in [2.75, 3.05) is 11.1 Å². The molecule has 3 N–H and O–H groups in total. The molecule has 0 bridgehead atoms. The van der Waals surface area contributed by atoms with E-state index >= 15 is 0 Å². The second-order valence-corrected chi connectivity index (χ2v) is 5.18. The van der Waals surface area contributed by atoms with Crippen LogP contribution in [0.4, 0.5) is 24.5 Å². The summed E-state index contributed by atoms with van der Waals surface area (Å²) in [6, 6.07) is 9.69. The summed E-state index contributed by atoms with van der Waals surface area (Å²) in [5, 5.41) is 2.41. The molecule has 0 aliphatic heterocycles. The minimum atomic E-state index is -4.57. The molecule has 2 aromatic carbocycles. The van der Waals surface area contributed by atoms with Crippen LogP contribution in [0.15, 0.2) is 46.9 Å². The van der Waals surface area contributed by atoms with E-state index in [0.717, 1.165) is 16.6 Å². The van der Waals surface area contributed by atoms with Crippen LogP contribution in [0.2, 0.25) is 0 Å². The van der Waals surface area contributed by atoms with Gasteiger partial charge in [-0.2, -0.15) is 13.2 Å². The Labute approximate surface area is 127 Å². The Hall–Kier alpha value is -2.02. The van der Waals surface area contributed by atoms with Crippen LogP contribution >= 0.6 is 15.9 Å². The molecule has 110 valence electrons. The Morgan fingerprint density at radius 1 is 1.10 bits per heavy atom. The normalized spacial score (nSPS) is 11.2. The molecule has 1 amide bonds. The van der Waals surface area contributed by atoms with Gasteiger partial charge in [0.25, 0.3) is 5.91 Å². The summed E-state index contributed by atoms with van der Waals surface area (Å²) in [4.78, 5) is 11.9. The first-order valence-electron chi connectivity index (χ1n) is 5.81. The van der Waals surface area contributed by atoms with Crippen LogP contribution in [0.5, 0.6) is 0 Å². The molecule has 2 rings (SSSR count). The lowest BCUT2D eigenvalue weighted by molar-refractivity contribution is -0.136. The highest BCUT2D eigenvalue weighted by molar-refractivity contribution is 9.10. The average Bonchev–Trinajstić information content (AvgIpc) is 2.40. The number of benzene rings is 2. The maximum atomic E-state index is 12.7. The first kappa shape index (κ1) is 15.4. The highest BCUT2D eigenvalue weighted by Crippen LogP contribution is 2.35. The second kappa shape index (κ2) is 5.77. The third-order valence-corrected chi connectivity index (χ3v) is 3.25. The quantitative estimate of drug-likeness (QED) is 0.786. The number of hydrogen-bond acceptors (Lipinski definition) is 2. The summed E-state index contributed by atoms with van der Waals surface area (Å²) in [6.07, 6.45) is -4.57. The molecule has 0 aromatic heterocycles. The van der Waals surface area contributed by atoms with Gasteiger partial charge in [-0.3, -0.25) is 4.79 Å². The van der Waals surface area contributed by atoms with Gasteiger partial charge in [0.05, 0.1) is 5.56 Å². The largest absolute Gasteiger partial charge is 0.418 e. The topological polar surface area (TPSA) is 55.1 Å². The van der Waals surface area contributed by atoms with E-state index < -0.39 is 17.6 Å². The van der Waals surface area contributed by atoms with Crippen molar-refractivity contribution in [1.29, 1.82) is 0 Å². The van der Waals surface area contributed by atoms with Crippen molar-refractivity contribution >= 4 is 33.2 Å². The van der Waals surface area contributed by atoms with Crippen molar-refractivity contribution in [2.45, 2.75) is 6.18 Å². The third-order valence-electron chi connectivity index (χ3n) is 2.72. The third kappa shape index (κ3) is 3.75. The van der Waals surface area contributed by atoms with Gasteiger partial charge in [-0.15, -0.1) is 0 Å². The van der Waals surface area contributed by atoms with Gasteiger partial charge in [-0.05, 0) is 42.5 Å². The summed E-state index contributed by atoms with van der Waals surface area (Å²) in [7, 11) is 0. The molecule has 0 unspecified atom stereocenters. The van der Waals surface area contributed by atoms with Gasteiger partial charge in [-0.25, -0.2) is 0 Å². The molecule has 0 saturated heterocycles. The van der Waals surface area contributed by atoms with Crippen molar-refractivity contribution in [3.05, 3.63) is 58.1 Å². The Kier molecular flexibility index (Phi) is 4.22. The predicted molar refractivity (Wildman–Crippen MR) is 78.0 cm³/mol. The number of carbonyl (C=O) groups is 1. The van der Waals surface area contributed by atoms with Crippen LogP contribution < -0.4 is 11.1 Å². The van der Waals surface area contributed by atoms with Crippen LogP contribution in [-0.4, -0.2) is 5.91 Å². The second-order valence-electron chi connectivity index (χ2n) is 4.26. The molecule has 2 aromatic rings. The number of hydrogen-bond donors (Lipinski definition) is 2. The van der Waals surface area contributed by atoms with E-state index in [4.69, 9.17) is 5.73 Å². The highest BCUT2D eigenvalue weighted by atomic mass is 79.9. The van der Waals surface area contributed by atoms with Gasteiger partial charge in [0.1, 0.15) is 0 Å². The maximum absolute atomic E-state index is 12.7. The number of rotatable bonds is 2. The van der Waals surface area contributed by atoms with Crippen LogP contribution in [-0.2, 0) is 6.18 Å². The van der Waals surface area contributed by atoms with E-state index in [1.54, 1.807) is 24.3 Å². The lowest BCUT2D eigenvalue weighted by atomic mass is 10.1. The van der Waals surface area contributed by atoms with Crippen LogP contribution in [0.1, 0.15) is 15.9 Å². The summed E-state index contributed by atoms with van der Waals surface area (Å²) in [5.41, 5.74) is 4.30. The summed E-state index contributed by atoms with van der Waals surface area (Å²) in [6.45, 7) is 0. The molecule has 3 nitrogen and oxygen atoms in total. The predicted octanol–water partition coefficient (Wildman–Crippen LogP) is 4.30. The maximum Gasteiger partial charge on any atom is 0.418 e. The number of anilines is 2. The van der Waals surface area contributed by atoms with E-state index in [0.29, 0.717) is 5.56 Å². The van der Waals surface area contributed by atoms with Crippen LogP contribution in [0.3, 0.4) is 0 Å². The lowest BCUT2D eigenvalue weighted by Crippen LogP contribution is -2.14. The monoisotopic (exact) mass is 358 g/mol. The Morgan fingerprint density at radius 3 is 2.29 bits per heavy atom. The highest BCUT2D eigenvalue weighted by Gasteiger charge is 2.33. The Morgan fingerprint density at radius 2 is 1.71 bits per heavy atom. The van der Waals surface area contributed by atoms with Crippen molar-refractivity contribution in [3.63, 3.8) is 0 Å². The number of carbonyl (C=O) groups excluding carboxylic acids is 1. The standard InChI is InChI=1S/C14H10BrF3N2O/c15-9-3-1-8(2-4-9)13(21)20-10-5-6-12(19)11(7-10)14(16,17)18/h1-7H,19H2,(H,20,21). The van der Waals surface area contributed by atoms with E-state index in [1.165, 1.54) is 6.07 Å². The van der Waals surface area contributed by atoms with E-state index in [-0.39, 0.29) is 11.4 Å². The van der Waals surface area contributed by atoms with Crippen molar-refractivity contribution in [1.82, 2.24) is 0 Å². The number of nitrogen functional groups attached to an aromatic ring is 1. The number of halogens is 4.